The Bertz CT molecular complexity index is 416. The summed E-state index contributed by atoms with van der Waals surface area (Å²) in [7, 11) is 0. The molecule has 1 rings (SSSR count). The van der Waals surface area contributed by atoms with Gasteiger partial charge in [-0.15, -0.1) is 0 Å². The molecule has 0 spiro atoms. The molecular weight excluding hydrogens is 248 g/mol. The highest BCUT2D eigenvalue weighted by atomic mass is 16.3. The van der Waals surface area contributed by atoms with Crippen LogP contribution < -0.4 is 0 Å². The van der Waals surface area contributed by atoms with Gasteiger partial charge in [0.25, 0.3) is 0 Å². The molecule has 114 valence electrons. The van der Waals surface area contributed by atoms with Crippen molar-refractivity contribution in [2.24, 2.45) is 11.8 Å². The van der Waals surface area contributed by atoms with E-state index < -0.39 is 0 Å². The second-order valence-electron chi connectivity index (χ2n) is 6.77. The van der Waals surface area contributed by atoms with Crippen LogP contribution in [0.25, 0.3) is 0 Å². The Kier molecular flexibility index (Phi) is 5.91. The minimum Gasteiger partial charge on any atom is -0.507 e. The van der Waals surface area contributed by atoms with Crippen molar-refractivity contribution in [1.82, 2.24) is 0 Å². The number of benzene rings is 1. The molecule has 0 unspecified atom stereocenters. The average Bonchev–Trinajstić information content (AvgIpc) is 2.37. The van der Waals surface area contributed by atoms with Crippen molar-refractivity contribution in [3.63, 3.8) is 0 Å². The Morgan fingerprint density at radius 3 is 1.25 bits per heavy atom. The second kappa shape index (κ2) is 7.01. The highest BCUT2D eigenvalue weighted by Gasteiger charge is 2.19. The van der Waals surface area contributed by atoms with Gasteiger partial charge in [-0.3, -0.25) is 0 Å². The Morgan fingerprint density at radius 2 is 1.00 bits per heavy atom. The average molecular weight is 278 g/mol. The van der Waals surface area contributed by atoms with Gasteiger partial charge < -0.3 is 10.2 Å². The van der Waals surface area contributed by atoms with Crippen LogP contribution in [0.3, 0.4) is 0 Å². The van der Waals surface area contributed by atoms with E-state index in [0.717, 1.165) is 47.9 Å². The first-order valence-electron chi connectivity index (χ1n) is 7.78. The summed E-state index contributed by atoms with van der Waals surface area (Å²) < 4.78 is 0. The molecule has 2 nitrogen and oxygen atoms in total. The van der Waals surface area contributed by atoms with Crippen LogP contribution in [-0.4, -0.2) is 10.2 Å². The van der Waals surface area contributed by atoms with Gasteiger partial charge in [-0.25, -0.2) is 0 Å². The third-order valence-corrected chi connectivity index (χ3v) is 4.15. The van der Waals surface area contributed by atoms with Gasteiger partial charge in [0.05, 0.1) is 0 Å². The molecule has 1 aromatic rings. The molecule has 0 aliphatic heterocycles. The molecule has 0 saturated carbocycles. The predicted molar refractivity (Wildman–Crippen MR) is 85.6 cm³/mol. The number of phenols is 2. The van der Waals surface area contributed by atoms with Crippen LogP contribution in [0.4, 0.5) is 0 Å². The van der Waals surface area contributed by atoms with Crippen molar-refractivity contribution >= 4 is 0 Å². The Hall–Kier alpha value is -1.18. The molecule has 0 aliphatic rings. The first-order valence-corrected chi connectivity index (χ1v) is 7.78. The Labute approximate surface area is 123 Å². The van der Waals surface area contributed by atoms with E-state index >= 15 is 0 Å². The van der Waals surface area contributed by atoms with Crippen LogP contribution >= 0.6 is 0 Å². The van der Waals surface area contributed by atoms with Crippen molar-refractivity contribution in [1.29, 1.82) is 0 Å². The maximum atomic E-state index is 10.5. The molecule has 2 heteroatoms. The molecule has 0 radical (unpaired) electrons. The van der Waals surface area contributed by atoms with Gasteiger partial charge in [-0.1, -0.05) is 27.7 Å². The standard InChI is InChI=1S/C18H30O2/c1-11(2)7-9-15-16(10-8-12(3)4)18(20)14(6)13(5)17(15)19/h11-12,19-20H,7-10H2,1-6H3. The first kappa shape index (κ1) is 16.9. The van der Waals surface area contributed by atoms with Crippen molar-refractivity contribution < 1.29 is 10.2 Å². The van der Waals surface area contributed by atoms with E-state index in [4.69, 9.17) is 0 Å². The number of hydrogen-bond donors (Lipinski definition) is 2. The zero-order valence-electron chi connectivity index (χ0n) is 13.9. The van der Waals surface area contributed by atoms with Gasteiger partial charge in [-0.05, 0) is 62.5 Å². The lowest BCUT2D eigenvalue weighted by Crippen LogP contribution is -2.04. The van der Waals surface area contributed by atoms with Crippen LogP contribution in [0.2, 0.25) is 0 Å². The van der Waals surface area contributed by atoms with Crippen molar-refractivity contribution in [2.75, 3.05) is 0 Å². The van der Waals surface area contributed by atoms with Gasteiger partial charge in [0, 0.05) is 11.1 Å². The van der Waals surface area contributed by atoms with Crippen molar-refractivity contribution in [3.05, 3.63) is 22.3 Å². The zero-order valence-corrected chi connectivity index (χ0v) is 13.9. The lowest BCUT2D eigenvalue weighted by molar-refractivity contribution is 0.434. The van der Waals surface area contributed by atoms with Crippen LogP contribution in [0, 0.1) is 25.7 Å². The van der Waals surface area contributed by atoms with Gasteiger partial charge in [0.15, 0.2) is 0 Å². The van der Waals surface area contributed by atoms with Gasteiger partial charge in [-0.2, -0.15) is 0 Å². The molecule has 1 aromatic carbocycles. The summed E-state index contributed by atoms with van der Waals surface area (Å²) in [4.78, 5) is 0. The molecule has 0 aliphatic carbocycles. The van der Waals surface area contributed by atoms with Gasteiger partial charge >= 0.3 is 0 Å². The highest BCUT2D eigenvalue weighted by Crippen LogP contribution is 2.38. The largest absolute Gasteiger partial charge is 0.507 e. The van der Waals surface area contributed by atoms with E-state index in [0.29, 0.717) is 23.3 Å². The minimum atomic E-state index is 0.389. The van der Waals surface area contributed by atoms with E-state index in [1.165, 1.54) is 0 Å². The fourth-order valence-corrected chi connectivity index (χ4v) is 2.50. The van der Waals surface area contributed by atoms with E-state index in [1.807, 2.05) is 13.8 Å². The molecule has 2 N–H and O–H groups in total. The maximum absolute atomic E-state index is 10.5. The molecule has 0 aromatic heterocycles. The monoisotopic (exact) mass is 278 g/mol. The molecule has 0 fully saturated rings. The quantitative estimate of drug-likeness (QED) is 0.727. The summed E-state index contributed by atoms with van der Waals surface area (Å²) in [5.41, 5.74) is 3.55. The minimum absolute atomic E-state index is 0.389. The van der Waals surface area contributed by atoms with Crippen molar-refractivity contribution in [3.8, 4) is 11.5 Å². The Balaban J connectivity index is 3.21. The van der Waals surface area contributed by atoms with Crippen LogP contribution in [0.15, 0.2) is 0 Å². The molecule has 20 heavy (non-hydrogen) atoms. The maximum Gasteiger partial charge on any atom is 0.122 e. The van der Waals surface area contributed by atoms with E-state index in [2.05, 4.69) is 27.7 Å². The van der Waals surface area contributed by atoms with E-state index in [-0.39, 0.29) is 0 Å². The smallest absolute Gasteiger partial charge is 0.122 e. The summed E-state index contributed by atoms with van der Waals surface area (Å²) in [6.45, 7) is 12.5. The van der Waals surface area contributed by atoms with E-state index in [9.17, 15) is 10.2 Å². The highest BCUT2D eigenvalue weighted by molar-refractivity contribution is 5.57. The fraction of sp³-hybridized carbons (Fsp3) is 0.667. The predicted octanol–water partition coefficient (Wildman–Crippen LogP) is 4.89. The molecule has 0 atom stereocenters. The lowest BCUT2D eigenvalue weighted by atomic mass is 9.89. The molecule has 0 bridgehead atoms. The molecular formula is C18H30O2. The number of hydrogen-bond acceptors (Lipinski definition) is 2. The topological polar surface area (TPSA) is 40.5 Å². The second-order valence-corrected chi connectivity index (χ2v) is 6.77. The van der Waals surface area contributed by atoms with Crippen LogP contribution in [-0.2, 0) is 12.8 Å². The molecule has 0 amide bonds. The first-order chi connectivity index (χ1) is 9.25. The number of rotatable bonds is 6. The summed E-state index contributed by atoms with van der Waals surface area (Å²) >= 11 is 0. The third kappa shape index (κ3) is 3.91. The van der Waals surface area contributed by atoms with Gasteiger partial charge in [0.2, 0.25) is 0 Å². The molecule has 0 heterocycles. The zero-order chi connectivity index (χ0) is 15.4. The Morgan fingerprint density at radius 1 is 0.700 bits per heavy atom. The summed E-state index contributed by atoms with van der Waals surface area (Å²) in [5, 5.41) is 20.9. The van der Waals surface area contributed by atoms with Gasteiger partial charge in [0.1, 0.15) is 11.5 Å². The summed E-state index contributed by atoms with van der Waals surface area (Å²) in [6.07, 6.45) is 3.74. The third-order valence-electron chi connectivity index (χ3n) is 4.15. The normalized spacial score (nSPS) is 11.6. The van der Waals surface area contributed by atoms with Crippen LogP contribution in [0.5, 0.6) is 11.5 Å². The number of phenolic OH excluding ortho intramolecular Hbond substituents is 2. The van der Waals surface area contributed by atoms with Crippen molar-refractivity contribution in [2.45, 2.75) is 67.2 Å². The summed E-state index contributed by atoms with van der Waals surface area (Å²) in [6, 6.07) is 0. The summed E-state index contributed by atoms with van der Waals surface area (Å²) in [5.74, 6) is 1.96. The lowest BCUT2D eigenvalue weighted by Gasteiger charge is -2.19. The fourth-order valence-electron chi connectivity index (χ4n) is 2.50. The number of aromatic hydroxyl groups is 2. The van der Waals surface area contributed by atoms with Crippen LogP contribution in [0.1, 0.15) is 62.8 Å². The van der Waals surface area contributed by atoms with E-state index in [1.54, 1.807) is 0 Å². The SMILES string of the molecule is Cc1c(C)c(O)c(CCC(C)C)c(CCC(C)C)c1O. The molecule has 0 saturated heterocycles.